The zero-order valence-corrected chi connectivity index (χ0v) is 12.8. The second kappa shape index (κ2) is 7.65. The number of amides is 1. The van der Waals surface area contributed by atoms with E-state index in [-0.39, 0.29) is 5.91 Å². The number of anilines is 1. The molecule has 4 heteroatoms. The Morgan fingerprint density at radius 2 is 1.74 bits per heavy atom. The molecule has 0 spiro atoms. The normalized spacial score (nSPS) is 16.9. The van der Waals surface area contributed by atoms with E-state index in [0.717, 1.165) is 16.7 Å². The van der Waals surface area contributed by atoms with Crippen LogP contribution >= 0.6 is 15.9 Å². The Balaban J connectivity index is 1.73. The number of carbonyl (C=O) groups is 1. The molecular weight excluding hydrogens is 304 g/mol. The summed E-state index contributed by atoms with van der Waals surface area (Å²) in [6.07, 6.45) is 5.95. The van der Waals surface area contributed by atoms with E-state index in [1.807, 2.05) is 24.3 Å². The van der Waals surface area contributed by atoms with Gasteiger partial charge in [-0.05, 0) is 49.9 Å². The van der Waals surface area contributed by atoms with Crippen molar-refractivity contribution in [2.45, 2.75) is 32.1 Å². The van der Waals surface area contributed by atoms with E-state index in [9.17, 15) is 4.79 Å². The predicted molar refractivity (Wildman–Crippen MR) is 81.4 cm³/mol. The molecule has 0 bridgehead atoms. The van der Waals surface area contributed by atoms with E-state index in [2.05, 4.69) is 21.2 Å². The summed E-state index contributed by atoms with van der Waals surface area (Å²) in [5.41, 5.74) is 0.874. The van der Waals surface area contributed by atoms with Crippen molar-refractivity contribution in [2.75, 3.05) is 25.0 Å². The van der Waals surface area contributed by atoms with Gasteiger partial charge in [-0.2, -0.15) is 0 Å². The van der Waals surface area contributed by atoms with E-state index in [1.54, 1.807) is 4.90 Å². The summed E-state index contributed by atoms with van der Waals surface area (Å²) >= 11 is 3.39. The van der Waals surface area contributed by atoms with E-state index in [4.69, 9.17) is 0 Å². The lowest BCUT2D eigenvalue weighted by Gasteiger charge is -2.16. The Labute approximate surface area is 123 Å². The SMILES string of the molecule is O=C(CC[NH+]1CCCCCC1)Nc1ccc(Br)cc1. The third-order valence-corrected chi connectivity index (χ3v) is 4.17. The van der Waals surface area contributed by atoms with Crippen molar-refractivity contribution in [1.29, 1.82) is 0 Å². The van der Waals surface area contributed by atoms with Gasteiger partial charge in [-0.3, -0.25) is 4.79 Å². The highest BCUT2D eigenvalue weighted by atomic mass is 79.9. The molecule has 104 valence electrons. The highest BCUT2D eigenvalue weighted by molar-refractivity contribution is 9.10. The Bertz CT molecular complexity index is 397. The third kappa shape index (κ3) is 5.33. The number of halogens is 1. The van der Waals surface area contributed by atoms with Gasteiger partial charge in [0.05, 0.1) is 26.1 Å². The molecule has 0 aliphatic carbocycles. The molecule has 0 aromatic heterocycles. The molecule has 1 fully saturated rings. The van der Waals surface area contributed by atoms with Crippen LogP contribution in [-0.4, -0.2) is 25.5 Å². The number of nitrogens with one attached hydrogen (secondary N) is 2. The van der Waals surface area contributed by atoms with Gasteiger partial charge in [-0.1, -0.05) is 15.9 Å². The summed E-state index contributed by atoms with van der Waals surface area (Å²) in [6, 6.07) is 7.72. The summed E-state index contributed by atoms with van der Waals surface area (Å²) < 4.78 is 1.03. The number of carbonyl (C=O) groups excluding carboxylic acids is 1. The molecule has 0 radical (unpaired) electrons. The number of rotatable bonds is 4. The van der Waals surface area contributed by atoms with Crippen molar-refractivity contribution >= 4 is 27.5 Å². The molecule has 0 atom stereocenters. The lowest BCUT2D eigenvalue weighted by Crippen LogP contribution is -3.12. The highest BCUT2D eigenvalue weighted by Crippen LogP contribution is 2.14. The molecule has 1 aromatic rings. The van der Waals surface area contributed by atoms with Crippen LogP contribution in [0.4, 0.5) is 5.69 Å². The minimum absolute atomic E-state index is 0.124. The van der Waals surface area contributed by atoms with Gasteiger partial charge in [0.2, 0.25) is 5.91 Å². The number of quaternary nitrogens is 1. The van der Waals surface area contributed by atoms with E-state index >= 15 is 0 Å². The second-order valence-electron chi connectivity index (χ2n) is 5.22. The van der Waals surface area contributed by atoms with Gasteiger partial charge in [0.15, 0.2) is 0 Å². The maximum absolute atomic E-state index is 11.9. The summed E-state index contributed by atoms with van der Waals surface area (Å²) in [6.45, 7) is 3.42. The molecule has 0 unspecified atom stereocenters. The molecule has 2 rings (SSSR count). The van der Waals surface area contributed by atoms with Crippen LogP contribution in [0.2, 0.25) is 0 Å². The van der Waals surface area contributed by atoms with Gasteiger partial charge in [-0.25, -0.2) is 0 Å². The van der Waals surface area contributed by atoms with E-state index in [0.29, 0.717) is 6.42 Å². The van der Waals surface area contributed by atoms with Crippen molar-refractivity contribution in [1.82, 2.24) is 0 Å². The van der Waals surface area contributed by atoms with Crippen LogP contribution in [0, 0.1) is 0 Å². The van der Waals surface area contributed by atoms with Crippen LogP contribution < -0.4 is 10.2 Å². The van der Waals surface area contributed by atoms with Crippen molar-refractivity contribution in [3.05, 3.63) is 28.7 Å². The van der Waals surface area contributed by atoms with Gasteiger partial charge in [-0.15, -0.1) is 0 Å². The third-order valence-electron chi connectivity index (χ3n) is 3.64. The summed E-state index contributed by atoms with van der Waals surface area (Å²) in [5.74, 6) is 0.124. The maximum atomic E-state index is 11.9. The van der Waals surface area contributed by atoms with Crippen LogP contribution in [0.15, 0.2) is 28.7 Å². The van der Waals surface area contributed by atoms with Crippen molar-refractivity contribution in [3.63, 3.8) is 0 Å². The first kappa shape index (κ1) is 14.5. The molecule has 1 amide bonds. The average Bonchev–Trinajstić information content (AvgIpc) is 2.68. The van der Waals surface area contributed by atoms with Gasteiger partial charge in [0, 0.05) is 10.2 Å². The number of likely N-dealkylation sites (tertiary alicyclic amines) is 1. The van der Waals surface area contributed by atoms with Crippen LogP contribution in [0.25, 0.3) is 0 Å². The Morgan fingerprint density at radius 1 is 1.11 bits per heavy atom. The first-order valence-electron chi connectivity index (χ1n) is 7.13. The second-order valence-corrected chi connectivity index (χ2v) is 6.13. The molecule has 1 heterocycles. The average molecular weight is 326 g/mol. The fourth-order valence-electron chi connectivity index (χ4n) is 2.53. The quantitative estimate of drug-likeness (QED) is 0.874. The molecule has 1 aliphatic rings. The van der Waals surface area contributed by atoms with Gasteiger partial charge >= 0.3 is 0 Å². The molecule has 1 aromatic carbocycles. The zero-order valence-electron chi connectivity index (χ0n) is 11.3. The molecule has 2 N–H and O–H groups in total. The molecule has 1 aliphatic heterocycles. The Morgan fingerprint density at radius 3 is 2.37 bits per heavy atom. The fourth-order valence-corrected chi connectivity index (χ4v) is 2.79. The standard InChI is InChI=1S/C15H21BrN2O/c16-13-5-7-14(8-6-13)17-15(19)9-12-18-10-3-1-2-4-11-18/h5-8H,1-4,9-12H2,(H,17,19)/p+1. The molecule has 0 saturated carbocycles. The lowest BCUT2D eigenvalue weighted by molar-refractivity contribution is -0.898. The lowest BCUT2D eigenvalue weighted by atomic mass is 10.2. The summed E-state index contributed by atoms with van der Waals surface area (Å²) in [7, 11) is 0. The first-order chi connectivity index (χ1) is 9.24. The van der Waals surface area contributed by atoms with Crippen LogP contribution in [0.1, 0.15) is 32.1 Å². The summed E-state index contributed by atoms with van der Waals surface area (Å²) in [4.78, 5) is 13.5. The van der Waals surface area contributed by atoms with Crippen LogP contribution in [0.5, 0.6) is 0 Å². The summed E-state index contributed by atoms with van der Waals surface area (Å²) in [5, 5.41) is 2.95. The highest BCUT2D eigenvalue weighted by Gasteiger charge is 2.13. The van der Waals surface area contributed by atoms with Crippen molar-refractivity contribution < 1.29 is 9.69 Å². The Hall–Kier alpha value is -0.870. The Kier molecular flexibility index (Phi) is 5.86. The molecule has 1 saturated heterocycles. The van der Waals surface area contributed by atoms with Gasteiger partial charge in [0.25, 0.3) is 0 Å². The monoisotopic (exact) mass is 325 g/mol. The van der Waals surface area contributed by atoms with E-state index in [1.165, 1.54) is 38.8 Å². The van der Waals surface area contributed by atoms with Crippen molar-refractivity contribution in [2.24, 2.45) is 0 Å². The van der Waals surface area contributed by atoms with Crippen LogP contribution in [-0.2, 0) is 4.79 Å². The predicted octanol–water partition coefficient (Wildman–Crippen LogP) is 2.24. The first-order valence-corrected chi connectivity index (χ1v) is 7.92. The minimum Gasteiger partial charge on any atom is -0.335 e. The smallest absolute Gasteiger partial charge is 0.230 e. The molecular formula is C15H22BrN2O+. The van der Waals surface area contributed by atoms with Gasteiger partial charge in [0.1, 0.15) is 0 Å². The topological polar surface area (TPSA) is 33.5 Å². The largest absolute Gasteiger partial charge is 0.335 e. The van der Waals surface area contributed by atoms with Crippen LogP contribution in [0.3, 0.4) is 0 Å². The van der Waals surface area contributed by atoms with Gasteiger partial charge < -0.3 is 10.2 Å². The minimum atomic E-state index is 0.124. The molecule has 3 nitrogen and oxygen atoms in total. The number of hydrogen-bond acceptors (Lipinski definition) is 1. The maximum Gasteiger partial charge on any atom is 0.230 e. The number of benzene rings is 1. The van der Waals surface area contributed by atoms with Crippen molar-refractivity contribution in [3.8, 4) is 0 Å². The fraction of sp³-hybridized carbons (Fsp3) is 0.533. The van der Waals surface area contributed by atoms with E-state index < -0.39 is 0 Å². The number of hydrogen-bond donors (Lipinski definition) is 2. The zero-order chi connectivity index (χ0) is 13.5. The molecule has 19 heavy (non-hydrogen) atoms.